The molecule has 2 N–H and O–H groups in total. The average Bonchev–Trinajstić information content (AvgIpc) is 3.05. The molecule has 1 aromatic heterocycles. The summed E-state index contributed by atoms with van der Waals surface area (Å²) >= 11 is 2.70. The van der Waals surface area contributed by atoms with Gasteiger partial charge in [-0.25, -0.2) is 4.79 Å². The van der Waals surface area contributed by atoms with E-state index in [1.165, 1.54) is 28.1 Å². The van der Waals surface area contributed by atoms with Crippen LogP contribution in [-0.2, 0) is 0 Å². The molecule has 3 rings (SSSR count). The van der Waals surface area contributed by atoms with Gasteiger partial charge in [-0.3, -0.25) is 5.32 Å². The number of nitrogens with zero attached hydrogens (tertiary/aromatic N) is 4. The Balaban J connectivity index is 1.83. The molecule has 0 radical (unpaired) electrons. The van der Waals surface area contributed by atoms with Crippen molar-refractivity contribution in [2.24, 2.45) is 5.10 Å². The van der Waals surface area contributed by atoms with E-state index in [9.17, 15) is 9.90 Å². The fraction of sp³-hybridized carbons (Fsp3) is 0.231. The van der Waals surface area contributed by atoms with Crippen molar-refractivity contribution in [1.82, 2.24) is 15.2 Å². The van der Waals surface area contributed by atoms with Crippen LogP contribution in [0.5, 0.6) is 5.75 Å². The highest BCUT2D eigenvalue weighted by molar-refractivity contribution is 8.14. The number of rotatable bonds is 2. The number of thioether (sulfide) groups is 1. The highest BCUT2D eigenvalue weighted by Gasteiger charge is 2.33. The first-order valence-electron chi connectivity index (χ1n) is 6.44. The second-order valence-electron chi connectivity index (χ2n) is 4.55. The lowest BCUT2D eigenvalue weighted by Gasteiger charge is -2.21. The number of aromatic hydroxyl groups is 1. The molecule has 0 aliphatic carbocycles. The van der Waals surface area contributed by atoms with Gasteiger partial charge in [0.1, 0.15) is 16.1 Å². The average molecular weight is 335 g/mol. The summed E-state index contributed by atoms with van der Waals surface area (Å²) in [6.45, 7) is 3.63. The number of hydrazone groups is 1. The summed E-state index contributed by atoms with van der Waals surface area (Å²) in [5.74, 6) is 0.134. The number of phenolic OH excluding ortho intramolecular Hbond substituents is 1. The summed E-state index contributed by atoms with van der Waals surface area (Å²) in [5.41, 5.74) is 0.636. The lowest BCUT2D eigenvalue weighted by Crippen LogP contribution is -2.30. The number of nitrogens with one attached hydrogen (secondary N) is 1. The van der Waals surface area contributed by atoms with Crippen molar-refractivity contribution in [2.75, 3.05) is 5.32 Å². The van der Waals surface area contributed by atoms with Crippen LogP contribution < -0.4 is 5.32 Å². The Morgan fingerprint density at radius 1 is 1.32 bits per heavy atom. The SMILES string of the molecule is CC1=NN(C(=O)Nc2nnc(C)s2)C(c2ccccc2O)S1. The Labute approximate surface area is 135 Å². The number of para-hydroxylation sites is 1. The fourth-order valence-corrected chi connectivity index (χ4v) is 3.59. The lowest BCUT2D eigenvalue weighted by molar-refractivity contribution is 0.211. The van der Waals surface area contributed by atoms with Crippen LogP contribution in [0, 0.1) is 6.92 Å². The standard InChI is InChI=1S/C13H13N5O2S2/c1-7-15-16-12(22-7)14-13(20)18-11(21-8(2)17-18)9-5-3-4-6-10(9)19/h3-6,11,19H,1-2H3,(H,14,16,20). The molecule has 7 nitrogen and oxygen atoms in total. The van der Waals surface area contributed by atoms with Gasteiger partial charge >= 0.3 is 6.03 Å². The Bertz CT molecular complexity index is 746. The number of aryl methyl sites for hydroxylation is 1. The summed E-state index contributed by atoms with van der Waals surface area (Å²) in [6.07, 6.45) is 0. The number of anilines is 1. The molecule has 0 spiro atoms. The number of carbonyl (C=O) groups excluding carboxylic acids is 1. The zero-order chi connectivity index (χ0) is 15.7. The van der Waals surface area contributed by atoms with Gasteiger partial charge in [0, 0.05) is 5.56 Å². The Morgan fingerprint density at radius 3 is 2.77 bits per heavy atom. The van der Waals surface area contributed by atoms with Crippen LogP contribution in [0.3, 0.4) is 0 Å². The summed E-state index contributed by atoms with van der Waals surface area (Å²) < 4.78 is 0. The number of urea groups is 1. The van der Waals surface area contributed by atoms with E-state index in [2.05, 4.69) is 20.6 Å². The predicted octanol–water partition coefficient (Wildman–Crippen LogP) is 3.17. The molecule has 1 atom stereocenters. The van der Waals surface area contributed by atoms with Crippen LogP contribution in [0.25, 0.3) is 0 Å². The minimum Gasteiger partial charge on any atom is -0.508 e. The van der Waals surface area contributed by atoms with Gasteiger partial charge in [-0.15, -0.1) is 10.2 Å². The minimum atomic E-state index is -0.409. The van der Waals surface area contributed by atoms with Gasteiger partial charge in [0.25, 0.3) is 0 Å². The molecule has 1 aliphatic heterocycles. The fourth-order valence-electron chi connectivity index (χ4n) is 1.98. The molecule has 22 heavy (non-hydrogen) atoms. The first-order chi connectivity index (χ1) is 10.5. The van der Waals surface area contributed by atoms with Crippen molar-refractivity contribution in [3.63, 3.8) is 0 Å². The van der Waals surface area contributed by atoms with Gasteiger partial charge in [0.15, 0.2) is 0 Å². The second kappa shape index (κ2) is 5.93. The zero-order valence-corrected chi connectivity index (χ0v) is 13.5. The molecular formula is C13H13N5O2S2. The Hall–Kier alpha value is -2.13. The monoisotopic (exact) mass is 335 g/mol. The maximum Gasteiger partial charge on any atom is 0.345 e. The van der Waals surface area contributed by atoms with E-state index in [0.717, 1.165) is 10.1 Å². The van der Waals surface area contributed by atoms with Gasteiger partial charge in [0.2, 0.25) is 5.13 Å². The largest absolute Gasteiger partial charge is 0.508 e. The van der Waals surface area contributed by atoms with Crippen LogP contribution in [0.1, 0.15) is 22.9 Å². The normalized spacial score (nSPS) is 17.5. The van der Waals surface area contributed by atoms with Crippen molar-refractivity contribution >= 4 is 39.3 Å². The van der Waals surface area contributed by atoms with Gasteiger partial charge < -0.3 is 5.11 Å². The maximum atomic E-state index is 12.4. The number of aromatic nitrogens is 2. The van der Waals surface area contributed by atoms with Gasteiger partial charge in [-0.05, 0) is 19.9 Å². The third kappa shape index (κ3) is 2.90. The molecule has 1 aromatic carbocycles. The number of hydrogen-bond acceptors (Lipinski definition) is 7. The van der Waals surface area contributed by atoms with E-state index in [4.69, 9.17) is 0 Å². The lowest BCUT2D eigenvalue weighted by atomic mass is 10.2. The molecule has 0 saturated heterocycles. The summed E-state index contributed by atoms with van der Waals surface area (Å²) in [7, 11) is 0. The van der Waals surface area contributed by atoms with Crippen molar-refractivity contribution in [3.8, 4) is 5.75 Å². The number of carbonyl (C=O) groups is 1. The molecular weight excluding hydrogens is 322 g/mol. The van der Waals surface area contributed by atoms with Crippen LogP contribution in [0.2, 0.25) is 0 Å². The molecule has 2 heterocycles. The molecule has 2 aromatic rings. The van der Waals surface area contributed by atoms with Crippen LogP contribution in [0.15, 0.2) is 29.4 Å². The highest BCUT2D eigenvalue weighted by atomic mass is 32.2. The summed E-state index contributed by atoms with van der Waals surface area (Å²) in [4.78, 5) is 12.4. The Kier molecular flexibility index (Phi) is 3.99. The highest BCUT2D eigenvalue weighted by Crippen LogP contribution is 2.42. The second-order valence-corrected chi connectivity index (χ2v) is 7.00. The van der Waals surface area contributed by atoms with E-state index in [1.54, 1.807) is 18.2 Å². The zero-order valence-electron chi connectivity index (χ0n) is 11.8. The summed E-state index contributed by atoms with van der Waals surface area (Å²) in [5, 5.41) is 27.5. The molecule has 0 saturated carbocycles. The molecule has 1 unspecified atom stereocenters. The van der Waals surface area contributed by atoms with Gasteiger partial charge in [0.05, 0.1) is 5.04 Å². The predicted molar refractivity (Wildman–Crippen MR) is 87.1 cm³/mol. The molecule has 0 bridgehead atoms. The molecule has 1 aliphatic rings. The number of hydrogen-bond donors (Lipinski definition) is 2. The molecule has 114 valence electrons. The van der Waals surface area contributed by atoms with Crippen molar-refractivity contribution in [1.29, 1.82) is 0 Å². The number of benzene rings is 1. The maximum absolute atomic E-state index is 12.4. The van der Waals surface area contributed by atoms with Crippen LogP contribution in [0.4, 0.5) is 9.93 Å². The van der Waals surface area contributed by atoms with Crippen molar-refractivity contribution < 1.29 is 9.90 Å². The van der Waals surface area contributed by atoms with E-state index in [0.29, 0.717) is 10.7 Å². The van der Waals surface area contributed by atoms with E-state index < -0.39 is 11.4 Å². The third-order valence-corrected chi connectivity index (χ3v) is 4.76. The topological polar surface area (TPSA) is 90.7 Å². The first-order valence-corrected chi connectivity index (χ1v) is 8.14. The molecule has 2 amide bonds. The minimum absolute atomic E-state index is 0.134. The van der Waals surface area contributed by atoms with Crippen LogP contribution >= 0.6 is 23.1 Å². The number of amides is 2. The smallest absolute Gasteiger partial charge is 0.345 e. The summed E-state index contributed by atoms with van der Waals surface area (Å²) in [6, 6.07) is 6.51. The third-order valence-electron chi connectivity index (χ3n) is 2.90. The van der Waals surface area contributed by atoms with E-state index in [1.807, 2.05) is 19.9 Å². The van der Waals surface area contributed by atoms with Gasteiger partial charge in [-0.2, -0.15) is 10.1 Å². The molecule has 9 heteroatoms. The quantitative estimate of drug-likeness (QED) is 0.879. The van der Waals surface area contributed by atoms with Crippen LogP contribution in [-0.4, -0.2) is 31.4 Å². The molecule has 0 fully saturated rings. The van der Waals surface area contributed by atoms with Gasteiger partial charge in [-0.1, -0.05) is 41.3 Å². The van der Waals surface area contributed by atoms with E-state index >= 15 is 0 Å². The number of phenols is 1. The Morgan fingerprint density at radius 2 is 2.09 bits per heavy atom. The first kappa shape index (κ1) is 14.8. The van der Waals surface area contributed by atoms with Crippen molar-refractivity contribution in [3.05, 3.63) is 34.8 Å². The van der Waals surface area contributed by atoms with E-state index in [-0.39, 0.29) is 5.75 Å². The van der Waals surface area contributed by atoms with Crippen molar-refractivity contribution in [2.45, 2.75) is 19.2 Å².